The monoisotopic (exact) mass is 358 g/mol. The number of rotatable bonds is 10. The minimum absolute atomic E-state index is 0.00914. The number of aryl methyl sites for hydroxylation is 1. The second-order valence-electron chi connectivity index (χ2n) is 8.38. The Morgan fingerprint density at radius 3 is 2.42 bits per heavy atom. The smallest absolute Gasteiger partial charge is 0.233 e. The van der Waals surface area contributed by atoms with Crippen LogP contribution in [0.15, 0.2) is 30.3 Å². The van der Waals surface area contributed by atoms with Gasteiger partial charge in [0.1, 0.15) is 6.04 Å². The van der Waals surface area contributed by atoms with Gasteiger partial charge in [-0.2, -0.15) is 4.48 Å². The van der Waals surface area contributed by atoms with E-state index in [1.165, 1.54) is 24.8 Å². The number of carbonyl (C=O) groups excluding carboxylic acids is 2. The predicted molar refractivity (Wildman–Crippen MR) is 106 cm³/mol. The number of benzene rings is 1. The number of likely N-dealkylation sites (tertiary alicyclic amines) is 1. The zero-order valence-electron chi connectivity index (χ0n) is 16.8. The molecule has 26 heavy (non-hydrogen) atoms. The molecule has 0 spiro atoms. The molecule has 3 heteroatoms. The number of amides is 2. The van der Waals surface area contributed by atoms with Crippen molar-refractivity contribution in [1.29, 1.82) is 0 Å². The standard InChI is InChI=1S/C23H36NO2/c1-19(2)22(23(26)24(18-25)17-11-12-20(24)3)16-10-5-4-7-13-21-14-8-6-9-15-21/h6,8-9,14-15,18-20,22H,4-5,7,10-13,16-17H2,1-3H3/q+1/t20-,22?,24?/m1/s1. The fourth-order valence-electron chi connectivity index (χ4n) is 4.38. The van der Waals surface area contributed by atoms with Crippen molar-refractivity contribution < 1.29 is 14.1 Å². The molecular formula is C23H36NO2+. The van der Waals surface area contributed by atoms with Crippen LogP contribution < -0.4 is 0 Å². The Bertz CT molecular complexity index is 569. The van der Waals surface area contributed by atoms with Gasteiger partial charge in [0.25, 0.3) is 0 Å². The fraction of sp³-hybridized carbons (Fsp3) is 0.652. The molecule has 2 unspecified atom stereocenters. The van der Waals surface area contributed by atoms with Gasteiger partial charge in [-0.25, -0.2) is 9.59 Å². The van der Waals surface area contributed by atoms with E-state index < -0.39 is 0 Å². The first-order valence-electron chi connectivity index (χ1n) is 10.4. The van der Waals surface area contributed by atoms with Gasteiger partial charge in [-0.05, 0) is 37.7 Å². The molecule has 1 aromatic rings. The predicted octanol–water partition coefficient (Wildman–Crippen LogP) is 5.13. The molecule has 1 heterocycles. The van der Waals surface area contributed by atoms with E-state index in [1.54, 1.807) is 0 Å². The molecule has 0 aromatic heterocycles. The van der Waals surface area contributed by atoms with Crippen LogP contribution in [0.1, 0.15) is 71.3 Å². The Hall–Kier alpha value is -1.48. The first kappa shape index (κ1) is 20.8. The number of hydrogen-bond acceptors (Lipinski definition) is 2. The summed E-state index contributed by atoms with van der Waals surface area (Å²) in [7, 11) is 0. The molecule has 0 bridgehead atoms. The summed E-state index contributed by atoms with van der Waals surface area (Å²) >= 11 is 0. The van der Waals surface area contributed by atoms with Crippen LogP contribution >= 0.6 is 0 Å². The lowest BCUT2D eigenvalue weighted by Gasteiger charge is -2.33. The lowest BCUT2D eigenvalue weighted by atomic mass is 9.87. The first-order valence-corrected chi connectivity index (χ1v) is 10.4. The Balaban J connectivity index is 1.79. The molecular weight excluding hydrogens is 322 g/mol. The van der Waals surface area contributed by atoms with Crippen LogP contribution in [0.5, 0.6) is 0 Å². The maximum Gasteiger partial charge on any atom is 0.324 e. The van der Waals surface area contributed by atoms with Gasteiger partial charge in [0.15, 0.2) is 0 Å². The molecule has 0 aliphatic carbocycles. The van der Waals surface area contributed by atoms with Crippen molar-refractivity contribution in [3.63, 3.8) is 0 Å². The second kappa shape index (κ2) is 10.0. The van der Waals surface area contributed by atoms with Gasteiger partial charge < -0.3 is 0 Å². The molecule has 1 aliphatic rings. The number of quaternary nitrogens is 1. The summed E-state index contributed by atoms with van der Waals surface area (Å²) in [5, 5.41) is 0. The van der Waals surface area contributed by atoms with E-state index in [0.29, 0.717) is 12.5 Å². The van der Waals surface area contributed by atoms with Crippen LogP contribution in [0.4, 0.5) is 0 Å². The number of unbranched alkanes of at least 4 members (excludes halogenated alkanes) is 3. The van der Waals surface area contributed by atoms with Gasteiger partial charge in [0.05, 0.1) is 12.5 Å². The summed E-state index contributed by atoms with van der Waals surface area (Å²) in [6.07, 6.45) is 9.60. The minimum atomic E-state index is 0.00914. The van der Waals surface area contributed by atoms with Crippen molar-refractivity contribution in [2.45, 2.75) is 78.2 Å². The van der Waals surface area contributed by atoms with Crippen molar-refractivity contribution in [2.75, 3.05) is 6.54 Å². The Morgan fingerprint density at radius 1 is 1.15 bits per heavy atom. The summed E-state index contributed by atoms with van der Waals surface area (Å²) in [4.78, 5) is 25.0. The largest absolute Gasteiger partial charge is 0.324 e. The van der Waals surface area contributed by atoms with Gasteiger partial charge in [0.2, 0.25) is 0 Å². The highest BCUT2D eigenvalue weighted by atomic mass is 16.2. The molecule has 1 fully saturated rings. The molecule has 1 saturated heterocycles. The zero-order valence-corrected chi connectivity index (χ0v) is 16.8. The summed E-state index contributed by atoms with van der Waals surface area (Å²) < 4.78 is 0.0663. The van der Waals surface area contributed by atoms with E-state index in [-0.39, 0.29) is 22.3 Å². The van der Waals surface area contributed by atoms with Gasteiger partial charge in [-0.1, -0.05) is 63.4 Å². The van der Waals surface area contributed by atoms with Crippen LogP contribution in [0.25, 0.3) is 0 Å². The summed E-state index contributed by atoms with van der Waals surface area (Å²) in [5.41, 5.74) is 1.41. The highest BCUT2D eigenvalue weighted by Crippen LogP contribution is 2.32. The number of carbonyl (C=O) groups is 2. The SMILES string of the molecule is CC(C)C(CCCCCCc1ccccc1)C(=O)[N+]1(C=O)CCC[C@H]1C. The van der Waals surface area contributed by atoms with Crippen molar-refractivity contribution in [3.05, 3.63) is 35.9 Å². The first-order chi connectivity index (χ1) is 12.5. The molecule has 1 aromatic carbocycles. The summed E-state index contributed by atoms with van der Waals surface area (Å²) in [5.74, 6) is 0.480. The van der Waals surface area contributed by atoms with Gasteiger partial charge in [-0.3, -0.25) is 0 Å². The Kier molecular flexibility index (Phi) is 8.02. The molecule has 1 aliphatic heterocycles. The van der Waals surface area contributed by atoms with Crippen LogP contribution in [0, 0.1) is 11.8 Å². The van der Waals surface area contributed by atoms with Crippen LogP contribution in [0.3, 0.4) is 0 Å². The molecule has 2 amide bonds. The van der Waals surface area contributed by atoms with E-state index in [2.05, 4.69) is 51.1 Å². The molecule has 0 N–H and O–H groups in total. The second-order valence-corrected chi connectivity index (χ2v) is 8.38. The van der Waals surface area contributed by atoms with Crippen LogP contribution in [-0.4, -0.2) is 29.4 Å². The van der Waals surface area contributed by atoms with Crippen LogP contribution in [0.2, 0.25) is 0 Å². The highest BCUT2D eigenvalue weighted by Gasteiger charge is 2.49. The average Bonchev–Trinajstić information content (AvgIpc) is 3.02. The number of imide groups is 1. The molecule has 144 valence electrons. The lowest BCUT2D eigenvalue weighted by Crippen LogP contribution is -2.57. The minimum Gasteiger partial charge on any atom is -0.233 e. The van der Waals surface area contributed by atoms with E-state index in [0.717, 1.165) is 38.5 Å². The number of nitrogens with zero attached hydrogens (tertiary/aromatic N) is 1. The maximum absolute atomic E-state index is 13.2. The summed E-state index contributed by atoms with van der Waals surface area (Å²) in [6, 6.07) is 10.8. The molecule has 2 rings (SSSR count). The fourth-order valence-corrected chi connectivity index (χ4v) is 4.38. The molecule has 0 radical (unpaired) electrons. The maximum atomic E-state index is 13.2. The van der Waals surface area contributed by atoms with Crippen molar-refractivity contribution in [2.24, 2.45) is 11.8 Å². The van der Waals surface area contributed by atoms with Crippen molar-refractivity contribution in [3.8, 4) is 0 Å². The number of hydrogen-bond donors (Lipinski definition) is 0. The van der Waals surface area contributed by atoms with Gasteiger partial charge in [0, 0.05) is 12.8 Å². The van der Waals surface area contributed by atoms with E-state index in [9.17, 15) is 9.59 Å². The normalized spacial score (nSPS) is 23.9. The van der Waals surface area contributed by atoms with Crippen LogP contribution in [-0.2, 0) is 16.0 Å². The molecule has 3 nitrogen and oxygen atoms in total. The average molecular weight is 359 g/mol. The quantitative estimate of drug-likeness (QED) is 0.330. The third-order valence-corrected chi connectivity index (χ3v) is 6.23. The van der Waals surface area contributed by atoms with E-state index in [1.807, 2.05) is 0 Å². The third-order valence-electron chi connectivity index (χ3n) is 6.23. The van der Waals surface area contributed by atoms with Gasteiger partial charge in [-0.15, -0.1) is 0 Å². The Morgan fingerprint density at radius 2 is 1.85 bits per heavy atom. The van der Waals surface area contributed by atoms with E-state index >= 15 is 0 Å². The molecule has 0 saturated carbocycles. The summed E-state index contributed by atoms with van der Waals surface area (Å²) in [6.45, 7) is 7.00. The molecule has 3 atom stereocenters. The zero-order chi connectivity index (χ0) is 19.0. The Labute approximate surface area is 159 Å². The van der Waals surface area contributed by atoms with Crippen molar-refractivity contribution in [1.82, 2.24) is 0 Å². The van der Waals surface area contributed by atoms with Crippen molar-refractivity contribution >= 4 is 12.3 Å². The van der Waals surface area contributed by atoms with Gasteiger partial charge >= 0.3 is 12.3 Å². The third kappa shape index (κ3) is 5.03. The lowest BCUT2D eigenvalue weighted by molar-refractivity contribution is -0.782. The highest BCUT2D eigenvalue weighted by molar-refractivity contribution is 5.78. The topological polar surface area (TPSA) is 34.1 Å². The van der Waals surface area contributed by atoms with E-state index in [4.69, 9.17) is 0 Å².